The Balaban J connectivity index is 2.83. The van der Waals surface area contributed by atoms with Gasteiger partial charge in [-0.3, -0.25) is 9.59 Å². The summed E-state index contributed by atoms with van der Waals surface area (Å²) in [7, 11) is 0. The van der Waals surface area contributed by atoms with Crippen molar-refractivity contribution in [2.75, 3.05) is 13.1 Å². The van der Waals surface area contributed by atoms with Crippen LogP contribution in [0, 0.1) is 11.8 Å². The third kappa shape index (κ3) is 4.02. The molecule has 1 rings (SSSR count). The lowest BCUT2D eigenvalue weighted by atomic mass is 10.1. The first-order valence-electron chi connectivity index (χ1n) is 6.37. The zero-order chi connectivity index (χ0) is 13.7. The number of rotatable bonds is 6. The fourth-order valence-electron chi connectivity index (χ4n) is 1.90. The van der Waals surface area contributed by atoms with Crippen molar-refractivity contribution in [2.45, 2.75) is 27.7 Å². The Morgan fingerprint density at radius 1 is 1.22 bits per heavy atom. The van der Waals surface area contributed by atoms with Crippen molar-refractivity contribution < 1.29 is 9.59 Å². The lowest BCUT2D eigenvalue weighted by Gasteiger charge is -2.25. The molecule has 0 radical (unpaired) electrons. The van der Waals surface area contributed by atoms with Crippen molar-refractivity contribution in [1.29, 1.82) is 0 Å². The summed E-state index contributed by atoms with van der Waals surface area (Å²) in [6.07, 6.45) is 0.714. The summed E-state index contributed by atoms with van der Waals surface area (Å²) in [4.78, 5) is 27.6. The molecule has 0 saturated heterocycles. The molecule has 0 atom stereocenters. The van der Waals surface area contributed by atoms with Gasteiger partial charge in [0.1, 0.15) is 5.69 Å². The van der Waals surface area contributed by atoms with Crippen LogP contribution >= 0.6 is 0 Å². The van der Waals surface area contributed by atoms with Crippen molar-refractivity contribution in [1.82, 2.24) is 9.88 Å². The van der Waals surface area contributed by atoms with E-state index in [4.69, 9.17) is 0 Å². The molecule has 0 bridgehead atoms. The van der Waals surface area contributed by atoms with Crippen molar-refractivity contribution in [3.63, 3.8) is 0 Å². The second-order valence-electron chi connectivity index (χ2n) is 5.44. The molecule has 4 nitrogen and oxygen atoms in total. The zero-order valence-corrected chi connectivity index (χ0v) is 11.6. The summed E-state index contributed by atoms with van der Waals surface area (Å²) in [5, 5.41) is 0. The van der Waals surface area contributed by atoms with E-state index in [9.17, 15) is 9.59 Å². The van der Waals surface area contributed by atoms with Crippen LogP contribution in [0.3, 0.4) is 0 Å². The molecule has 4 heteroatoms. The molecule has 1 N–H and O–H groups in total. The molecule has 0 aliphatic carbocycles. The smallest absolute Gasteiger partial charge is 0.270 e. The Morgan fingerprint density at radius 2 is 1.78 bits per heavy atom. The van der Waals surface area contributed by atoms with E-state index in [1.165, 1.54) is 0 Å². The Kier molecular flexibility index (Phi) is 5.13. The van der Waals surface area contributed by atoms with E-state index < -0.39 is 0 Å². The highest BCUT2D eigenvalue weighted by molar-refractivity contribution is 5.93. The quantitative estimate of drug-likeness (QED) is 0.789. The number of carbonyl (C=O) groups excluding carboxylic acids is 2. The van der Waals surface area contributed by atoms with Gasteiger partial charge in [0.05, 0.1) is 5.69 Å². The fourth-order valence-corrected chi connectivity index (χ4v) is 1.90. The van der Waals surface area contributed by atoms with Gasteiger partial charge in [-0.25, -0.2) is 0 Å². The predicted molar refractivity (Wildman–Crippen MR) is 71.8 cm³/mol. The number of aromatic nitrogens is 1. The summed E-state index contributed by atoms with van der Waals surface area (Å²) in [6.45, 7) is 9.82. The predicted octanol–water partition coefficient (Wildman–Crippen LogP) is 2.58. The SMILES string of the molecule is CC(C)CN(CC(C)C)C(=O)c1ccc(C=O)[nH]1. The van der Waals surface area contributed by atoms with Crippen LogP contribution in [0.1, 0.15) is 48.7 Å². The molecule has 1 heterocycles. The van der Waals surface area contributed by atoms with E-state index >= 15 is 0 Å². The van der Waals surface area contributed by atoms with E-state index in [2.05, 4.69) is 32.7 Å². The van der Waals surface area contributed by atoms with Gasteiger partial charge in [-0.05, 0) is 24.0 Å². The minimum atomic E-state index is -0.0366. The van der Waals surface area contributed by atoms with Crippen molar-refractivity contribution in [3.8, 4) is 0 Å². The second-order valence-corrected chi connectivity index (χ2v) is 5.44. The van der Waals surface area contributed by atoms with Gasteiger partial charge in [-0.15, -0.1) is 0 Å². The minimum absolute atomic E-state index is 0.0366. The van der Waals surface area contributed by atoms with Gasteiger partial charge in [0.2, 0.25) is 0 Å². The number of nitrogens with zero attached hydrogens (tertiary/aromatic N) is 1. The molecular formula is C14H22N2O2. The highest BCUT2D eigenvalue weighted by atomic mass is 16.2. The molecule has 0 fully saturated rings. The van der Waals surface area contributed by atoms with Crippen LogP contribution in [-0.4, -0.2) is 35.2 Å². The monoisotopic (exact) mass is 250 g/mol. The van der Waals surface area contributed by atoms with Gasteiger partial charge < -0.3 is 9.88 Å². The van der Waals surface area contributed by atoms with Crippen LogP contribution in [0.25, 0.3) is 0 Å². The van der Waals surface area contributed by atoms with Crippen LogP contribution in [0.15, 0.2) is 12.1 Å². The average molecular weight is 250 g/mol. The Hall–Kier alpha value is -1.58. The first-order chi connectivity index (χ1) is 8.43. The maximum absolute atomic E-state index is 12.3. The van der Waals surface area contributed by atoms with Gasteiger partial charge in [0, 0.05) is 13.1 Å². The molecule has 1 amide bonds. The number of amides is 1. The summed E-state index contributed by atoms with van der Waals surface area (Å²) in [5.41, 5.74) is 0.922. The first-order valence-corrected chi connectivity index (χ1v) is 6.37. The Morgan fingerprint density at radius 3 is 2.17 bits per heavy atom. The Bertz CT molecular complexity index is 398. The van der Waals surface area contributed by atoms with Crippen LogP contribution in [-0.2, 0) is 0 Å². The summed E-state index contributed by atoms with van der Waals surface area (Å²) >= 11 is 0. The van der Waals surface area contributed by atoms with Crippen molar-refractivity contribution in [2.24, 2.45) is 11.8 Å². The number of aldehydes is 1. The third-order valence-electron chi connectivity index (χ3n) is 2.52. The molecule has 0 spiro atoms. The van der Waals surface area contributed by atoms with Crippen LogP contribution in [0.4, 0.5) is 0 Å². The highest BCUT2D eigenvalue weighted by Crippen LogP contribution is 2.10. The van der Waals surface area contributed by atoms with E-state index in [0.29, 0.717) is 29.5 Å². The topological polar surface area (TPSA) is 53.2 Å². The van der Waals surface area contributed by atoms with Crippen LogP contribution < -0.4 is 0 Å². The summed E-state index contributed by atoms with van der Waals surface area (Å²) < 4.78 is 0. The van der Waals surface area contributed by atoms with Gasteiger partial charge >= 0.3 is 0 Å². The zero-order valence-electron chi connectivity index (χ0n) is 11.6. The second kappa shape index (κ2) is 6.38. The maximum atomic E-state index is 12.3. The van der Waals surface area contributed by atoms with Gasteiger partial charge in [-0.1, -0.05) is 27.7 Å². The van der Waals surface area contributed by atoms with Gasteiger partial charge in [-0.2, -0.15) is 0 Å². The third-order valence-corrected chi connectivity index (χ3v) is 2.52. The lowest BCUT2D eigenvalue weighted by molar-refractivity contribution is 0.0710. The number of nitrogens with one attached hydrogen (secondary N) is 1. The largest absolute Gasteiger partial charge is 0.348 e. The lowest BCUT2D eigenvalue weighted by Crippen LogP contribution is -2.37. The molecule has 18 heavy (non-hydrogen) atoms. The molecule has 0 aliphatic heterocycles. The summed E-state index contributed by atoms with van der Waals surface area (Å²) in [6, 6.07) is 3.29. The van der Waals surface area contributed by atoms with Crippen LogP contribution in [0.2, 0.25) is 0 Å². The van der Waals surface area contributed by atoms with Gasteiger partial charge in [0.25, 0.3) is 5.91 Å². The number of aromatic amines is 1. The van der Waals surface area contributed by atoms with Crippen molar-refractivity contribution in [3.05, 3.63) is 23.5 Å². The fraction of sp³-hybridized carbons (Fsp3) is 0.571. The summed E-state index contributed by atoms with van der Waals surface area (Å²) in [5.74, 6) is 0.812. The molecule has 0 unspecified atom stereocenters. The molecular weight excluding hydrogens is 228 g/mol. The number of H-pyrrole nitrogens is 1. The van der Waals surface area contributed by atoms with Crippen LogP contribution in [0.5, 0.6) is 0 Å². The molecule has 1 aromatic heterocycles. The standard InChI is InChI=1S/C14H22N2O2/c1-10(2)7-16(8-11(3)4)14(18)13-6-5-12(9-17)15-13/h5-6,9-11,15H,7-8H2,1-4H3. The number of hydrogen-bond acceptors (Lipinski definition) is 2. The molecule has 0 saturated carbocycles. The maximum Gasteiger partial charge on any atom is 0.270 e. The van der Waals surface area contributed by atoms with E-state index in [-0.39, 0.29) is 5.91 Å². The minimum Gasteiger partial charge on any atom is -0.348 e. The molecule has 1 aromatic rings. The number of carbonyl (C=O) groups is 2. The van der Waals surface area contributed by atoms with Gasteiger partial charge in [0.15, 0.2) is 6.29 Å². The Labute approximate surface area is 108 Å². The molecule has 0 aromatic carbocycles. The van der Waals surface area contributed by atoms with E-state index in [1.807, 2.05) is 4.90 Å². The molecule has 0 aliphatic rings. The normalized spacial score (nSPS) is 11.0. The van der Waals surface area contributed by atoms with Crippen molar-refractivity contribution >= 4 is 12.2 Å². The average Bonchev–Trinajstić information content (AvgIpc) is 2.74. The van der Waals surface area contributed by atoms with E-state index in [1.54, 1.807) is 12.1 Å². The van der Waals surface area contributed by atoms with E-state index in [0.717, 1.165) is 13.1 Å². The first kappa shape index (κ1) is 14.5. The molecule has 100 valence electrons. The highest BCUT2D eigenvalue weighted by Gasteiger charge is 2.19. The number of hydrogen-bond donors (Lipinski definition) is 1.